The molecular weight excluding hydrogens is 164 g/mol. The predicted molar refractivity (Wildman–Crippen MR) is 53.2 cm³/mol. The average Bonchev–Trinajstić information content (AvgIpc) is 2.04. The Morgan fingerprint density at radius 3 is 2.46 bits per heavy atom. The maximum atomic E-state index is 11.5. The minimum atomic E-state index is 0.217. The van der Waals surface area contributed by atoms with Crippen LogP contribution in [0.25, 0.3) is 0 Å². The van der Waals surface area contributed by atoms with E-state index in [1.165, 1.54) is 0 Å². The number of amides is 1. The van der Waals surface area contributed by atoms with Crippen molar-refractivity contribution in [3.8, 4) is 0 Å². The van der Waals surface area contributed by atoms with Crippen LogP contribution in [0.3, 0.4) is 0 Å². The van der Waals surface area contributed by atoms with E-state index < -0.39 is 0 Å². The van der Waals surface area contributed by atoms with Crippen LogP contribution in [0.15, 0.2) is 12.7 Å². The molecule has 0 aromatic heterocycles. The SMILES string of the molecule is C=CCC(=O)N1CC[N+](C)(C)CC1. The number of carbonyl (C=O) groups excluding carboxylic acids is 1. The van der Waals surface area contributed by atoms with Gasteiger partial charge in [0.05, 0.1) is 40.3 Å². The number of hydrogen-bond acceptors (Lipinski definition) is 1. The average molecular weight is 183 g/mol. The van der Waals surface area contributed by atoms with Gasteiger partial charge in [-0.1, -0.05) is 6.08 Å². The molecular formula is C10H19N2O+. The van der Waals surface area contributed by atoms with Crippen LogP contribution in [-0.4, -0.2) is 55.6 Å². The third-order valence-corrected chi connectivity index (χ3v) is 2.62. The topological polar surface area (TPSA) is 20.3 Å². The first-order valence-electron chi connectivity index (χ1n) is 4.76. The summed E-state index contributed by atoms with van der Waals surface area (Å²) in [5.74, 6) is 0.217. The third-order valence-electron chi connectivity index (χ3n) is 2.62. The molecule has 1 aliphatic heterocycles. The van der Waals surface area contributed by atoms with Crippen LogP contribution in [0, 0.1) is 0 Å². The van der Waals surface area contributed by atoms with Crippen LogP contribution in [0.4, 0.5) is 0 Å². The number of nitrogens with zero attached hydrogens (tertiary/aromatic N) is 2. The molecule has 3 heteroatoms. The molecule has 0 unspecified atom stereocenters. The van der Waals surface area contributed by atoms with Crippen molar-refractivity contribution in [3.05, 3.63) is 12.7 Å². The Bertz CT molecular complexity index is 201. The Labute approximate surface area is 80.2 Å². The number of piperazine rings is 1. The molecule has 1 saturated heterocycles. The van der Waals surface area contributed by atoms with Crippen LogP contribution < -0.4 is 0 Å². The lowest BCUT2D eigenvalue weighted by molar-refractivity contribution is -0.894. The molecule has 0 spiro atoms. The molecule has 0 N–H and O–H groups in total. The number of likely N-dealkylation sites (N-methyl/N-ethyl adjacent to an activating group) is 1. The van der Waals surface area contributed by atoms with E-state index in [4.69, 9.17) is 0 Å². The maximum absolute atomic E-state index is 11.5. The van der Waals surface area contributed by atoms with Gasteiger partial charge < -0.3 is 9.38 Å². The fourth-order valence-corrected chi connectivity index (χ4v) is 1.51. The van der Waals surface area contributed by atoms with Crippen molar-refractivity contribution in [3.63, 3.8) is 0 Å². The van der Waals surface area contributed by atoms with Gasteiger partial charge in [-0.15, -0.1) is 6.58 Å². The van der Waals surface area contributed by atoms with Gasteiger partial charge in [-0.25, -0.2) is 0 Å². The number of rotatable bonds is 2. The molecule has 0 radical (unpaired) electrons. The smallest absolute Gasteiger partial charge is 0.226 e. The molecule has 13 heavy (non-hydrogen) atoms. The van der Waals surface area contributed by atoms with Crippen LogP contribution in [0.1, 0.15) is 6.42 Å². The standard InChI is InChI=1S/C10H19N2O/c1-4-5-10(13)11-6-8-12(2,3)9-7-11/h4H,1,5-9H2,2-3H3/q+1. The van der Waals surface area contributed by atoms with Gasteiger partial charge in [0.15, 0.2) is 0 Å². The highest BCUT2D eigenvalue weighted by atomic mass is 16.2. The Hall–Kier alpha value is -0.830. The van der Waals surface area contributed by atoms with Gasteiger partial charge in [0, 0.05) is 6.42 Å². The Kier molecular flexibility index (Phi) is 3.09. The first-order chi connectivity index (χ1) is 6.05. The Morgan fingerprint density at radius 1 is 1.46 bits per heavy atom. The summed E-state index contributed by atoms with van der Waals surface area (Å²) < 4.78 is 1.03. The van der Waals surface area contributed by atoms with E-state index in [0.29, 0.717) is 6.42 Å². The fraction of sp³-hybridized carbons (Fsp3) is 0.700. The summed E-state index contributed by atoms with van der Waals surface area (Å²) >= 11 is 0. The van der Waals surface area contributed by atoms with Crippen LogP contribution in [0.2, 0.25) is 0 Å². The monoisotopic (exact) mass is 183 g/mol. The predicted octanol–water partition coefficient (Wildman–Crippen LogP) is 0.481. The highest BCUT2D eigenvalue weighted by Crippen LogP contribution is 2.07. The van der Waals surface area contributed by atoms with Gasteiger partial charge in [-0.2, -0.15) is 0 Å². The molecule has 1 aliphatic rings. The van der Waals surface area contributed by atoms with Crippen LogP contribution in [0.5, 0.6) is 0 Å². The molecule has 1 amide bonds. The van der Waals surface area contributed by atoms with E-state index in [-0.39, 0.29) is 5.91 Å². The summed E-state index contributed by atoms with van der Waals surface area (Å²) in [5.41, 5.74) is 0. The lowest BCUT2D eigenvalue weighted by Crippen LogP contribution is -2.56. The van der Waals surface area contributed by atoms with E-state index >= 15 is 0 Å². The summed E-state index contributed by atoms with van der Waals surface area (Å²) in [6, 6.07) is 0. The number of carbonyl (C=O) groups is 1. The second-order valence-electron chi connectivity index (χ2n) is 4.26. The zero-order valence-electron chi connectivity index (χ0n) is 8.62. The highest BCUT2D eigenvalue weighted by molar-refractivity contribution is 5.77. The molecule has 1 fully saturated rings. The molecule has 3 nitrogen and oxygen atoms in total. The van der Waals surface area contributed by atoms with Gasteiger partial charge in [-0.3, -0.25) is 4.79 Å². The molecule has 74 valence electrons. The molecule has 0 aliphatic carbocycles. The maximum Gasteiger partial charge on any atom is 0.226 e. The van der Waals surface area contributed by atoms with Crippen molar-refractivity contribution in [1.29, 1.82) is 0 Å². The van der Waals surface area contributed by atoms with Gasteiger partial charge in [0.1, 0.15) is 0 Å². The van der Waals surface area contributed by atoms with Crippen molar-refractivity contribution < 1.29 is 9.28 Å². The van der Waals surface area contributed by atoms with Crippen molar-refractivity contribution in [2.75, 3.05) is 40.3 Å². The van der Waals surface area contributed by atoms with E-state index in [0.717, 1.165) is 30.7 Å². The summed E-state index contributed by atoms with van der Waals surface area (Å²) in [5, 5.41) is 0. The Balaban J connectivity index is 2.40. The zero-order valence-corrected chi connectivity index (χ0v) is 8.62. The minimum absolute atomic E-state index is 0.217. The molecule has 1 rings (SSSR count). The first-order valence-corrected chi connectivity index (χ1v) is 4.76. The minimum Gasteiger partial charge on any atom is -0.331 e. The van der Waals surface area contributed by atoms with Crippen LogP contribution >= 0.6 is 0 Å². The first kappa shape index (κ1) is 10.3. The molecule has 0 bridgehead atoms. The van der Waals surface area contributed by atoms with E-state index in [1.807, 2.05) is 4.90 Å². The van der Waals surface area contributed by atoms with E-state index in [1.54, 1.807) is 6.08 Å². The van der Waals surface area contributed by atoms with Gasteiger partial charge in [0.2, 0.25) is 5.91 Å². The quantitative estimate of drug-likeness (QED) is 0.450. The van der Waals surface area contributed by atoms with Crippen molar-refractivity contribution in [2.45, 2.75) is 6.42 Å². The van der Waals surface area contributed by atoms with Crippen LogP contribution in [-0.2, 0) is 4.79 Å². The number of hydrogen-bond donors (Lipinski definition) is 0. The molecule has 0 atom stereocenters. The molecule has 1 heterocycles. The lowest BCUT2D eigenvalue weighted by Gasteiger charge is -2.39. The van der Waals surface area contributed by atoms with Gasteiger partial charge in [-0.05, 0) is 0 Å². The summed E-state index contributed by atoms with van der Waals surface area (Å²) in [7, 11) is 4.41. The largest absolute Gasteiger partial charge is 0.331 e. The van der Waals surface area contributed by atoms with E-state index in [9.17, 15) is 4.79 Å². The normalized spacial score (nSPS) is 21.2. The summed E-state index contributed by atoms with van der Waals surface area (Å²) in [6.45, 7) is 7.47. The highest BCUT2D eigenvalue weighted by Gasteiger charge is 2.26. The third kappa shape index (κ3) is 2.84. The zero-order chi connectivity index (χ0) is 9.90. The Morgan fingerprint density at radius 2 is 2.00 bits per heavy atom. The number of quaternary nitrogens is 1. The van der Waals surface area contributed by atoms with Crippen molar-refractivity contribution >= 4 is 5.91 Å². The summed E-state index contributed by atoms with van der Waals surface area (Å²) in [6.07, 6.45) is 2.16. The fourth-order valence-electron chi connectivity index (χ4n) is 1.51. The van der Waals surface area contributed by atoms with Crippen molar-refractivity contribution in [2.24, 2.45) is 0 Å². The lowest BCUT2D eigenvalue weighted by atomic mass is 10.2. The molecule has 0 aromatic carbocycles. The summed E-state index contributed by atoms with van der Waals surface area (Å²) in [4.78, 5) is 13.4. The molecule has 0 saturated carbocycles. The van der Waals surface area contributed by atoms with Gasteiger partial charge in [0.25, 0.3) is 0 Å². The van der Waals surface area contributed by atoms with Gasteiger partial charge >= 0.3 is 0 Å². The van der Waals surface area contributed by atoms with E-state index in [2.05, 4.69) is 20.7 Å². The second kappa shape index (κ2) is 3.92. The molecule has 0 aromatic rings. The second-order valence-corrected chi connectivity index (χ2v) is 4.26. The van der Waals surface area contributed by atoms with Crippen molar-refractivity contribution in [1.82, 2.24) is 4.90 Å².